The van der Waals surface area contributed by atoms with Crippen molar-refractivity contribution >= 4 is 17.4 Å². The zero-order valence-electron chi connectivity index (χ0n) is 23.4. The number of hydrogen-bond donors (Lipinski definition) is 3. The Kier molecular flexibility index (Phi) is 8.42. The van der Waals surface area contributed by atoms with Crippen LogP contribution in [0.15, 0.2) is 22.7 Å². The highest BCUT2D eigenvalue weighted by Crippen LogP contribution is 2.37. The number of anilines is 1. The summed E-state index contributed by atoms with van der Waals surface area (Å²) in [7, 11) is 1.79. The van der Waals surface area contributed by atoms with Gasteiger partial charge >= 0.3 is 0 Å². The van der Waals surface area contributed by atoms with Crippen molar-refractivity contribution in [2.24, 2.45) is 0 Å². The van der Waals surface area contributed by atoms with E-state index in [2.05, 4.69) is 27.6 Å². The Morgan fingerprint density at radius 3 is 2.67 bits per heavy atom. The second-order valence-electron chi connectivity index (χ2n) is 10.9. The summed E-state index contributed by atoms with van der Waals surface area (Å²) in [6.45, 7) is 9.89. The van der Waals surface area contributed by atoms with Gasteiger partial charge in [-0.3, -0.25) is 4.90 Å². The van der Waals surface area contributed by atoms with E-state index < -0.39 is 6.10 Å². The molecule has 3 heterocycles. The van der Waals surface area contributed by atoms with Gasteiger partial charge in [0, 0.05) is 42.3 Å². The maximum absolute atomic E-state index is 10.1. The fraction of sp³-hybridized carbons (Fsp3) is 0.552. The Morgan fingerprint density at radius 2 is 2.00 bits per heavy atom. The molecular weight excluding hydrogens is 516 g/mol. The van der Waals surface area contributed by atoms with Gasteiger partial charge in [-0.25, -0.2) is 9.97 Å². The highest BCUT2D eigenvalue weighted by Gasteiger charge is 2.36. The van der Waals surface area contributed by atoms with Crippen LogP contribution in [0.1, 0.15) is 49.6 Å². The smallest absolute Gasteiger partial charge is 0.163 e. The molecule has 5 rings (SSSR count). The van der Waals surface area contributed by atoms with Gasteiger partial charge in [-0.05, 0) is 78.6 Å². The molecule has 1 aliphatic carbocycles. The summed E-state index contributed by atoms with van der Waals surface area (Å²) in [6.07, 6.45) is 4.17. The molecule has 0 spiro atoms. The number of aliphatic hydroxyl groups is 1. The Hall–Kier alpha value is -2.72. The number of aromatic nitrogens is 3. The average molecular weight is 555 g/mol. The molecule has 1 aromatic carbocycles. The number of piperidine rings is 1. The molecule has 2 aromatic heterocycles. The lowest BCUT2D eigenvalue weighted by Crippen LogP contribution is -2.46. The molecule has 210 valence electrons. The number of ether oxygens (including phenoxy) is 1. The number of benzene rings is 1. The molecule has 9 nitrogen and oxygen atoms in total. The topological polar surface area (TPSA) is 109 Å². The van der Waals surface area contributed by atoms with Crippen molar-refractivity contribution in [1.82, 2.24) is 25.3 Å². The first-order valence-electron chi connectivity index (χ1n) is 13.8. The van der Waals surface area contributed by atoms with Crippen molar-refractivity contribution in [2.45, 2.75) is 77.6 Å². The van der Waals surface area contributed by atoms with Crippen LogP contribution in [-0.2, 0) is 0 Å². The Morgan fingerprint density at radius 1 is 1.21 bits per heavy atom. The van der Waals surface area contributed by atoms with Crippen molar-refractivity contribution in [1.29, 1.82) is 0 Å². The zero-order valence-corrected chi connectivity index (χ0v) is 24.2. The number of likely N-dealkylation sites (N-methyl/N-ethyl adjacent to an activating group) is 1. The molecular formula is C29H39ClN6O3. The van der Waals surface area contributed by atoms with Crippen molar-refractivity contribution < 1.29 is 14.4 Å². The van der Waals surface area contributed by atoms with Gasteiger partial charge in [-0.2, -0.15) is 0 Å². The fourth-order valence-corrected chi connectivity index (χ4v) is 5.76. The predicted molar refractivity (Wildman–Crippen MR) is 153 cm³/mol. The molecule has 1 saturated carbocycles. The van der Waals surface area contributed by atoms with Gasteiger partial charge in [0.15, 0.2) is 5.82 Å². The summed E-state index contributed by atoms with van der Waals surface area (Å²) >= 11 is 6.69. The summed E-state index contributed by atoms with van der Waals surface area (Å²) in [5.74, 6) is 2.58. The number of likely N-dealkylation sites (tertiary alicyclic amines) is 1. The highest BCUT2D eigenvalue weighted by molar-refractivity contribution is 6.33. The first-order valence-corrected chi connectivity index (χ1v) is 14.2. The van der Waals surface area contributed by atoms with E-state index in [-0.39, 0.29) is 6.61 Å². The molecule has 2 fully saturated rings. The third-order valence-electron chi connectivity index (χ3n) is 7.76. The lowest BCUT2D eigenvalue weighted by atomic mass is 9.97. The van der Waals surface area contributed by atoms with Crippen molar-refractivity contribution in [2.75, 3.05) is 32.1 Å². The standard InChI is InChI=1S/C29H39ClN6O3/c1-16-12-20(10-11-36(16)21-6-7-21)32-28-17(2)27(26-18(3)35-39-19(26)4)33-29(34-28)24-13-23(8-9-25(24)30)38-15-22(37)14-31-5/h8-9,13,16,20-22,31,37H,6-7,10-12,14-15H2,1-5H3,(H,32,33,34)/t16-,20-,22+/m0/s1. The van der Waals surface area contributed by atoms with Gasteiger partial charge in [0.05, 0.1) is 22.0 Å². The van der Waals surface area contributed by atoms with Crippen molar-refractivity contribution in [3.05, 3.63) is 40.2 Å². The van der Waals surface area contributed by atoms with Crippen LogP contribution in [0.2, 0.25) is 5.02 Å². The maximum atomic E-state index is 10.1. The van der Waals surface area contributed by atoms with Crippen LogP contribution in [0.3, 0.4) is 0 Å². The molecule has 3 aromatic rings. The molecule has 3 atom stereocenters. The molecule has 1 aliphatic heterocycles. The lowest BCUT2D eigenvalue weighted by Gasteiger charge is -2.38. The SMILES string of the molecule is CNC[C@@H](O)COc1ccc(Cl)c(-c2nc(N[C@H]3CCN(C4CC4)[C@@H](C)C3)c(C)c(-c3c(C)noc3C)n2)c1. The third kappa shape index (κ3) is 6.22. The lowest BCUT2D eigenvalue weighted by molar-refractivity contribution is 0.108. The summed E-state index contributed by atoms with van der Waals surface area (Å²) in [5.41, 5.74) is 4.03. The molecule has 0 bridgehead atoms. The maximum Gasteiger partial charge on any atom is 0.163 e. The second kappa shape index (κ2) is 11.8. The van der Waals surface area contributed by atoms with Gasteiger partial charge in [0.2, 0.25) is 0 Å². The van der Waals surface area contributed by atoms with E-state index in [0.717, 1.165) is 53.8 Å². The van der Waals surface area contributed by atoms with Crippen LogP contribution >= 0.6 is 11.6 Å². The Bertz CT molecular complexity index is 1290. The van der Waals surface area contributed by atoms with E-state index >= 15 is 0 Å². The van der Waals surface area contributed by atoms with Crippen LogP contribution in [0.4, 0.5) is 5.82 Å². The third-order valence-corrected chi connectivity index (χ3v) is 8.09. The van der Waals surface area contributed by atoms with E-state index in [4.69, 9.17) is 30.8 Å². The van der Waals surface area contributed by atoms with Gasteiger partial charge in [-0.1, -0.05) is 16.8 Å². The van der Waals surface area contributed by atoms with Gasteiger partial charge in [-0.15, -0.1) is 0 Å². The number of halogens is 1. The van der Waals surface area contributed by atoms with Crippen LogP contribution in [0, 0.1) is 20.8 Å². The monoisotopic (exact) mass is 554 g/mol. The first-order chi connectivity index (χ1) is 18.7. The molecule has 0 radical (unpaired) electrons. The molecule has 2 aliphatic rings. The summed E-state index contributed by atoms with van der Waals surface area (Å²) in [5, 5.41) is 21.5. The zero-order chi connectivity index (χ0) is 27.7. The molecule has 0 amide bonds. The number of aryl methyl sites for hydroxylation is 2. The largest absolute Gasteiger partial charge is 0.491 e. The average Bonchev–Trinajstić information content (AvgIpc) is 3.69. The van der Waals surface area contributed by atoms with Crippen LogP contribution in [0.25, 0.3) is 22.6 Å². The van der Waals surface area contributed by atoms with Crippen LogP contribution in [-0.4, -0.2) is 76.1 Å². The van der Waals surface area contributed by atoms with E-state index in [1.54, 1.807) is 19.2 Å². The van der Waals surface area contributed by atoms with Crippen LogP contribution < -0.4 is 15.4 Å². The summed E-state index contributed by atoms with van der Waals surface area (Å²) in [6, 6.07) is 7.01. The quantitative estimate of drug-likeness (QED) is 0.326. The Labute approximate surface area is 235 Å². The van der Waals surface area contributed by atoms with Crippen molar-refractivity contribution in [3.8, 4) is 28.4 Å². The van der Waals surface area contributed by atoms with E-state index in [9.17, 15) is 5.11 Å². The molecule has 1 saturated heterocycles. The fourth-order valence-electron chi connectivity index (χ4n) is 5.56. The normalized spacial score (nSPS) is 20.7. The molecule has 3 N–H and O–H groups in total. The Balaban J connectivity index is 1.49. The van der Waals surface area contributed by atoms with Gasteiger partial charge in [0.25, 0.3) is 0 Å². The van der Waals surface area contributed by atoms with Gasteiger partial charge in [0.1, 0.15) is 30.0 Å². The van der Waals surface area contributed by atoms with E-state index in [1.807, 2.05) is 26.8 Å². The summed E-state index contributed by atoms with van der Waals surface area (Å²) in [4.78, 5) is 12.6. The first kappa shape index (κ1) is 27.8. The molecule has 10 heteroatoms. The minimum absolute atomic E-state index is 0.158. The molecule has 0 unspecified atom stereocenters. The number of aliphatic hydroxyl groups excluding tert-OH is 1. The van der Waals surface area contributed by atoms with Crippen LogP contribution in [0.5, 0.6) is 5.75 Å². The number of nitrogens with one attached hydrogen (secondary N) is 2. The molecule has 39 heavy (non-hydrogen) atoms. The van der Waals surface area contributed by atoms with Crippen molar-refractivity contribution in [3.63, 3.8) is 0 Å². The second-order valence-corrected chi connectivity index (χ2v) is 11.3. The van der Waals surface area contributed by atoms with E-state index in [0.29, 0.717) is 46.5 Å². The number of rotatable bonds is 10. The predicted octanol–water partition coefficient (Wildman–Crippen LogP) is 4.76. The number of nitrogens with zero attached hydrogens (tertiary/aromatic N) is 4. The number of hydrogen-bond acceptors (Lipinski definition) is 9. The van der Waals surface area contributed by atoms with E-state index in [1.165, 1.54) is 12.8 Å². The van der Waals surface area contributed by atoms with Gasteiger partial charge < -0.3 is 25.0 Å². The summed E-state index contributed by atoms with van der Waals surface area (Å²) < 4.78 is 11.4. The minimum atomic E-state index is -0.625. The highest BCUT2D eigenvalue weighted by atomic mass is 35.5. The minimum Gasteiger partial charge on any atom is -0.491 e.